The molecular weight excluding hydrogens is 278 g/mol. The average Bonchev–Trinajstić information content (AvgIpc) is 2.55. The number of carbonyl (C=O) groups excluding carboxylic acids is 2. The summed E-state index contributed by atoms with van der Waals surface area (Å²) in [6.07, 6.45) is 1.29. The molecule has 4 nitrogen and oxygen atoms in total. The molecule has 2 rings (SSSR count). The van der Waals surface area contributed by atoms with E-state index in [9.17, 15) is 9.59 Å². The molecule has 0 aliphatic carbocycles. The van der Waals surface area contributed by atoms with Crippen LogP contribution in [0.15, 0.2) is 48.5 Å². The Morgan fingerprint density at radius 2 is 1.77 bits per heavy atom. The van der Waals surface area contributed by atoms with Crippen LogP contribution in [0.4, 0.5) is 5.69 Å². The largest absolute Gasteiger partial charge is 0.497 e. The summed E-state index contributed by atoms with van der Waals surface area (Å²) in [4.78, 5) is 23.9. The van der Waals surface area contributed by atoms with Crippen LogP contribution in [0.1, 0.15) is 35.7 Å². The van der Waals surface area contributed by atoms with Gasteiger partial charge in [-0.3, -0.25) is 9.59 Å². The van der Waals surface area contributed by atoms with Crippen LogP contribution in [0, 0.1) is 0 Å². The minimum atomic E-state index is -0.0784. The number of anilines is 1. The SMILES string of the molecule is CCCC(=O)Nc1ccc(C(=O)c2cccc(OC)c2)cc1. The predicted octanol–water partition coefficient (Wildman–Crippen LogP) is 3.66. The van der Waals surface area contributed by atoms with Gasteiger partial charge in [-0.15, -0.1) is 0 Å². The van der Waals surface area contributed by atoms with Crippen molar-refractivity contribution >= 4 is 17.4 Å². The highest BCUT2D eigenvalue weighted by Crippen LogP contribution is 2.18. The van der Waals surface area contributed by atoms with Gasteiger partial charge in [0.2, 0.25) is 5.91 Å². The summed E-state index contributed by atoms with van der Waals surface area (Å²) in [7, 11) is 1.57. The van der Waals surface area contributed by atoms with E-state index in [2.05, 4.69) is 5.32 Å². The molecule has 0 atom stereocenters. The molecule has 4 heteroatoms. The monoisotopic (exact) mass is 297 g/mol. The molecule has 0 unspecified atom stereocenters. The Kier molecular flexibility index (Phi) is 5.31. The third-order valence-electron chi connectivity index (χ3n) is 3.24. The van der Waals surface area contributed by atoms with Crippen molar-refractivity contribution in [3.8, 4) is 5.75 Å². The van der Waals surface area contributed by atoms with Gasteiger partial charge in [0.05, 0.1) is 7.11 Å². The number of hydrogen-bond donors (Lipinski definition) is 1. The number of carbonyl (C=O) groups is 2. The van der Waals surface area contributed by atoms with Crippen LogP contribution in [-0.2, 0) is 4.79 Å². The van der Waals surface area contributed by atoms with Crippen molar-refractivity contribution in [3.05, 3.63) is 59.7 Å². The summed E-state index contributed by atoms with van der Waals surface area (Å²) in [5.74, 6) is 0.550. The van der Waals surface area contributed by atoms with E-state index in [1.807, 2.05) is 6.92 Å². The van der Waals surface area contributed by atoms with E-state index in [-0.39, 0.29) is 11.7 Å². The quantitative estimate of drug-likeness (QED) is 0.828. The van der Waals surface area contributed by atoms with Crippen LogP contribution >= 0.6 is 0 Å². The maximum Gasteiger partial charge on any atom is 0.224 e. The summed E-state index contributed by atoms with van der Waals surface area (Å²) < 4.78 is 5.13. The molecule has 0 saturated carbocycles. The molecule has 1 N–H and O–H groups in total. The molecule has 2 aromatic rings. The Morgan fingerprint density at radius 1 is 1.05 bits per heavy atom. The van der Waals surface area contributed by atoms with Crippen LogP contribution in [0.25, 0.3) is 0 Å². The number of benzene rings is 2. The van der Waals surface area contributed by atoms with Gasteiger partial charge >= 0.3 is 0 Å². The van der Waals surface area contributed by atoms with E-state index in [4.69, 9.17) is 4.74 Å². The van der Waals surface area contributed by atoms with Gasteiger partial charge in [-0.25, -0.2) is 0 Å². The first-order valence-electron chi connectivity index (χ1n) is 7.22. The van der Waals surface area contributed by atoms with Gasteiger partial charge in [0.25, 0.3) is 0 Å². The number of ketones is 1. The van der Waals surface area contributed by atoms with Gasteiger partial charge < -0.3 is 10.1 Å². The molecule has 0 aliphatic heterocycles. The van der Waals surface area contributed by atoms with Crippen LogP contribution in [0.5, 0.6) is 5.75 Å². The normalized spacial score (nSPS) is 10.1. The van der Waals surface area contributed by atoms with Crippen molar-refractivity contribution in [1.29, 1.82) is 0 Å². The lowest BCUT2D eigenvalue weighted by molar-refractivity contribution is -0.116. The molecule has 0 aromatic heterocycles. The third kappa shape index (κ3) is 3.95. The fraction of sp³-hybridized carbons (Fsp3) is 0.222. The Labute approximate surface area is 130 Å². The fourth-order valence-electron chi connectivity index (χ4n) is 2.09. The smallest absolute Gasteiger partial charge is 0.224 e. The van der Waals surface area contributed by atoms with Gasteiger partial charge in [-0.2, -0.15) is 0 Å². The minimum absolute atomic E-state index is 0.0191. The Balaban J connectivity index is 2.12. The average molecular weight is 297 g/mol. The van der Waals surface area contributed by atoms with Crippen molar-refractivity contribution in [2.75, 3.05) is 12.4 Å². The molecule has 114 valence electrons. The van der Waals surface area contributed by atoms with Crippen molar-refractivity contribution in [2.24, 2.45) is 0 Å². The van der Waals surface area contributed by atoms with E-state index in [1.54, 1.807) is 55.6 Å². The zero-order chi connectivity index (χ0) is 15.9. The second-order valence-corrected chi connectivity index (χ2v) is 4.94. The topological polar surface area (TPSA) is 55.4 Å². The highest BCUT2D eigenvalue weighted by atomic mass is 16.5. The molecule has 0 spiro atoms. The molecule has 0 heterocycles. The summed E-state index contributed by atoms with van der Waals surface area (Å²) >= 11 is 0. The van der Waals surface area contributed by atoms with Crippen LogP contribution in [0.3, 0.4) is 0 Å². The Morgan fingerprint density at radius 3 is 2.41 bits per heavy atom. The van der Waals surface area contributed by atoms with Crippen molar-refractivity contribution in [2.45, 2.75) is 19.8 Å². The summed E-state index contributed by atoms with van der Waals surface area (Å²) in [6, 6.07) is 13.9. The first-order valence-corrected chi connectivity index (χ1v) is 7.22. The molecule has 0 bridgehead atoms. The van der Waals surface area contributed by atoms with Gasteiger partial charge in [-0.1, -0.05) is 19.1 Å². The Hall–Kier alpha value is -2.62. The number of hydrogen-bond acceptors (Lipinski definition) is 3. The fourth-order valence-corrected chi connectivity index (χ4v) is 2.09. The first kappa shape index (κ1) is 15.8. The maximum absolute atomic E-state index is 12.4. The van der Waals surface area contributed by atoms with Crippen LogP contribution < -0.4 is 10.1 Å². The number of rotatable bonds is 6. The second-order valence-electron chi connectivity index (χ2n) is 4.94. The van der Waals surface area contributed by atoms with E-state index in [1.165, 1.54) is 0 Å². The van der Waals surface area contributed by atoms with Gasteiger partial charge in [0.1, 0.15) is 5.75 Å². The van der Waals surface area contributed by atoms with Gasteiger partial charge in [0, 0.05) is 23.2 Å². The highest BCUT2D eigenvalue weighted by molar-refractivity contribution is 6.09. The van der Waals surface area contributed by atoms with E-state index < -0.39 is 0 Å². The predicted molar refractivity (Wildman–Crippen MR) is 86.4 cm³/mol. The van der Waals surface area contributed by atoms with Crippen LogP contribution in [-0.4, -0.2) is 18.8 Å². The number of nitrogens with one attached hydrogen (secondary N) is 1. The summed E-state index contributed by atoms with van der Waals surface area (Å²) in [5, 5.41) is 2.80. The molecule has 1 amide bonds. The minimum Gasteiger partial charge on any atom is -0.497 e. The van der Waals surface area contributed by atoms with Gasteiger partial charge in [0.15, 0.2) is 5.78 Å². The van der Waals surface area contributed by atoms with Crippen molar-refractivity contribution in [3.63, 3.8) is 0 Å². The van der Waals surface area contributed by atoms with Gasteiger partial charge in [-0.05, 0) is 42.8 Å². The molecular formula is C18H19NO3. The summed E-state index contributed by atoms with van der Waals surface area (Å²) in [5.41, 5.74) is 1.84. The molecule has 0 saturated heterocycles. The molecule has 22 heavy (non-hydrogen) atoms. The van der Waals surface area contributed by atoms with Crippen molar-refractivity contribution < 1.29 is 14.3 Å². The van der Waals surface area contributed by atoms with E-state index >= 15 is 0 Å². The summed E-state index contributed by atoms with van der Waals surface area (Å²) in [6.45, 7) is 1.95. The van der Waals surface area contributed by atoms with Crippen molar-refractivity contribution in [1.82, 2.24) is 0 Å². The molecule has 0 aliphatic rings. The molecule has 2 aromatic carbocycles. The Bertz CT molecular complexity index is 662. The highest BCUT2D eigenvalue weighted by Gasteiger charge is 2.10. The lowest BCUT2D eigenvalue weighted by Gasteiger charge is -2.07. The first-order chi connectivity index (χ1) is 10.6. The molecule has 0 fully saturated rings. The number of methoxy groups -OCH3 is 1. The lowest BCUT2D eigenvalue weighted by atomic mass is 10.0. The molecule has 0 radical (unpaired) electrons. The van der Waals surface area contributed by atoms with E-state index in [0.29, 0.717) is 29.0 Å². The standard InChI is InChI=1S/C18H19NO3/c1-3-5-17(20)19-15-10-8-13(9-11-15)18(21)14-6-4-7-16(12-14)22-2/h4,6-12H,3,5H2,1-2H3,(H,19,20). The van der Waals surface area contributed by atoms with E-state index in [0.717, 1.165) is 6.42 Å². The van der Waals surface area contributed by atoms with Crippen LogP contribution in [0.2, 0.25) is 0 Å². The zero-order valence-corrected chi connectivity index (χ0v) is 12.8. The third-order valence-corrected chi connectivity index (χ3v) is 3.24. The lowest BCUT2D eigenvalue weighted by Crippen LogP contribution is -2.10. The maximum atomic E-state index is 12.4. The number of amides is 1. The zero-order valence-electron chi connectivity index (χ0n) is 12.8. The second kappa shape index (κ2) is 7.41. The number of ether oxygens (including phenoxy) is 1.